The molecule has 3 nitrogen and oxygen atoms in total. The van der Waals surface area contributed by atoms with Crippen molar-refractivity contribution in [1.82, 2.24) is 0 Å². The second-order valence-electron chi connectivity index (χ2n) is 4.31. The lowest BCUT2D eigenvalue weighted by molar-refractivity contribution is 0.112. The smallest absolute Gasteiger partial charge is 0.152 e. The molecule has 96 valence electrons. The van der Waals surface area contributed by atoms with Gasteiger partial charge in [0.15, 0.2) is 6.29 Å². The SMILES string of the molecule is COCC1=CCN(c2cc(Br)ccc2C=O)CC1. The van der Waals surface area contributed by atoms with Gasteiger partial charge in [0, 0.05) is 35.9 Å². The predicted octanol–water partition coefficient (Wildman–Crippen LogP) is 3.04. The first-order valence-electron chi connectivity index (χ1n) is 5.91. The van der Waals surface area contributed by atoms with Gasteiger partial charge < -0.3 is 9.64 Å². The molecular weight excluding hydrogens is 294 g/mol. The van der Waals surface area contributed by atoms with E-state index in [1.165, 1.54) is 5.57 Å². The number of ether oxygens (including phenoxy) is 1. The first kappa shape index (κ1) is 13.3. The van der Waals surface area contributed by atoms with E-state index in [1.807, 2.05) is 18.2 Å². The molecule has 0 aliphatic carbocycles. The van der Waals surface area contributed by atoms with Crippen molar-refractivity contribution < 1.29 is 9.53 Å². The number of benzene rings is 1. The van der Waals surface area contributed by atoms with E-state index in [9.17, 15) is 4.79 Å². The van der Waals surface area contributed by atoms with E-state index in [-0.39, 0.29) is 0 Å². The molecule has 1 aromatic rings. The molecule has 0 amide bonds. The molecule has 0 radical (unpaired) electrons. The van der Waals surface area contributed by atoms with E-state index in [1.54, 1.807) is 7.11 Å². The number of halogens is 1. The van der Waals surface area contributed by atoms with Gasteiger partial charge in [0.1, 0.15) is 0 Å². The van der Waals surface area contributed by atoms with Crippen LogP contribution in [0.15, 0.2) is 34.3 Å². The maximum Gasteiger partial charge on any atom is 0.152 e. The van der Waals surface area contributed by atoms with Crippen LogP contribution in [0, 0.1) is 0 Å². The second kappa shape index (κ2) is 6.16. The van der Waals surface area contributed by atoms with Crippen LogP contribution in [0.3, 0.4) is 0 Å². The summed E-state index contributed by atoms with van der Waals surface area (Å²) in [6.07, 6.45) is 4.08. The summed E-state index contributed by atoms with van der Waals surface area (Å²) in [5.41, 5.74) is 3.06. The van der Waals surface area contributed by atoms with Crippen LogP contribution >= 0.6 is 15.9 Å². The fourth-order valence-electron chi connectivity index (χ4n) is 2.14. The van der Waals surface area contributed by atoms with Crippen LogP contribution < -0.4 is 4.90 Å². The van der Waals surface area contributed by atoms with Gasteiger partial charge in [0.25, 0.3) is 0 Å². The van der Waals surface area contributed by atoms with Gasteiger partial charge in [-0.3, -0.25) is 4.79 Å². The Bertz CT molecular complexity index is 471. The maximum absolute atomic E-state index is 11.1. The minimum atomic E-state index is 0.701. The number of anilines is 1. The molecule has 2 rings (SSSR count). The molecule has 0 unspecified atom stereocenters. The summed E-state index contributed by atoms with van der Waals surface area (Å²) in [6, 6.07) is 5.74. The van der Waals surface area contributed by atoms with E-state index in [2.05, 4.69) is 26.9 Å². The Kier molecular flexibility index (Phi) is 4.55. The Morgan fingerprint density at radius 1 is 1.50 bits per heavy atom. The molecule has 0 bridgehead atoms. The first-order valence-corrected chi connectivity index (χ1v) is 6.70. The van der Waals surface area contributed by atoms with Crippen molar-refractivity contribution in [2.75, 3.05) is 31.7 Å². The van der Waals surface area contributed by atoms with Crippen LogP contribution in [0.4, 0.5) is 5.69 Å². The van der Waals surface area contributed by atoms with Gasteiger partial charge in [-0.1, -0.05) is 22.0 Å². The molecule has 0 aromatic heterocycles. The van der Waals surface area contributed by atoms with Crippen molar-refractivity contribution in [3.8, 4) is 0 Å². The van der Waals surface area contributed by atoms with Crippen LogP contribution in [-0.2, 0) is 4.74 Å². The summed E-state index contributed by atoms with van der Waals surface area (Å²) in [5, 5.41) is 0. The number of hydrogen-bond donors (Lipinski definition) is 0. The fourth-order valence-corrected chi connectivity index (χ4v) is 2.49. The molecule has 1 heterocycles. The van der Waals surface area contributed by atoms with Gasteiger partial charge in [-0.2, -0.15) is 0 Å². The highest BCUT2D eigenvalue weighted by atomic mass is 79.9. The maximum atomic E-state index is 11.1. The van der Waals surface area contributed by atoms with Gasteiger partial charge >= 0.3 is 0 Å². The number of methoxy groups -OCH3 is 1. The number of carbonyl (C=O) groups excluding carboxylic acids is 1. The quantitative estimate of drug-likeness (QED) is 0.632. The number of nitrogens with zero attached hydrogens (tertiary/aromatic N) is 1. The minimum Gasteiger partial charge on any atom is -0.380 e. The lowest BCUT2D eigenvalue weighted by Gasteiger charge is -2.29. The fraction of sp³-hybridized carbons (Fsp3) is 0.357. The number of hydrogen-bond acceptors (Lipinski definition) is 3. The van der Waals surface area contributed by atoms with Gasteiger partial charge in [-0.25, -0.2) is 0 Å². The standard InChI is InChI=1S/C14H16BrNO2/c1-18-10-11-4-6-16(7-5-11)14-8-13(15)3-2-12(14)9-17/h2-4,8-9H,5-7,10H2,1H3. The molecule has 4 heteroatoms. The number of rotatable bonds is 4. The molecule has 0 fully saturated rings. The van der Waals surface area contributed by atoms with Gasteiger partial charge in [-0.05, 0) is 30.2 Å². The molecular formula is C14H16BrNO2. The van der Waals surface area contributed by atoms with E-state index in [0.29, 0.717) is 6.61 Å². The zero-order valence-corrected chi connectivity index (χ0v) is 11.9. The molecule has 0 N–H and O–H groups in total. The van der Waals surface area contributed by atoms with E-state index >= 15 is 0 Å². The Labute approximate surface area is 116 Å². The first-order chi connectivity index (χ1) is 8.74. The van der Waals surface area contributed by atoms with Crippen molar-refractivity contribution in [2.24, 2.45) is 0 Å². The summed E-state index contributed by atoms with van der Waals surface area (Å²) in [7, 11) is 1.71. The predicted molar refractivity (Wildman–Crippen MR) is 76.3 cm³/mol. The molecule has 0 spiro atoms. The number of aldehydes is 1. The third-order valence-corrected chi connectivity index (χ3v) is 3.59. The van der Waals surface area contributed by atoms with Gasteiger partial charge in [0.05, 0.1) is 6.61 Å². The Balaban J connectivity index is 2.18. The topological polar surface area (TPSA) is 29.5 Å². The van der Waals surface area contributed by atoms with Crippen LogP contribution in [0.1, 0.15) is 16.8 Å². The molecule has 0 saturated heterocycles. The van der Waals surface area contributed by atoms with Crippen LogP contribution in [0.25, 0.3) is 0 Å². The monoisotopic (exact) mass is 309 g/mol. The van der Waals surface area contributed by atoms with E-state index < -0.39 is 0 Å². The molecule has 1 aliphatic heterocycles. The van der Waals surface area contributed by atoms with Crippen LogP contribution in [0.2, 0.25) is 0 Å². The summed E-state index contributed by atoms with van der Waals surface area (Å²) >= 11 is 3.45. The average Bonchev–Trinajstić information content (AvgIpc) is 2.40. The lowest BCUT2D eigenvalue weighted by atomic mass is 10.1. The van der Waals surface area contributed by atoms with Crippen molar-refractivity contribution in [2.45, 2.75) is 6.42 Å². The average molecular weight is 310 g/mol. The zero-order valence-electron chi connectivity index (χ0n) is 10.4. The van der Waals surface area contributed by atoms with Crippen molar-refractivity contribution in [3.63, 3.8) is 0 Å². The normalized spacial score (nSPS) is 15.4. The zero-order chi connectivity index (χ0) is 13.0. The molecule has 18 heavy (non-hydrogen) atoms. The summed E-state index contributed by atoms with van der Waals surface area (Å²) < 4.78 is 6.13. The largest absolute Gasteiger partial charge is 0.380 e. The van der Waals surface area contributed by atoms with Gasteiger partial charge in [0.2, 0.25) is 0 Å². The van der Waals surface area contributed by atoms with Crippen molar-refractivity contribution in [3.05, 3.63) is 39.9 Å². The summed E-state index contributed by atoms with van der Waals surface area (Å²) in [6.45, 7) is 2.45. The minimum absolute atomic E-state index is 0.701. The molecule has 1 aliphatic rings. The highest BCUT2D eigenvalue weighted by molar-refractivity contribution is 9.10. The van der Waals surface area contributed by atoms with Crippen molar-refractivity contribution in [1.29, 1.82) is 0 Å². The third kappa shape index (κ3) is 3.00. The van der Waals surface area contributed by atoms with E-state index in [0.717, 1.165) is 41.5 Å². The van der Waals surface area contributed by atoms with Crippen LogP contribution in [0.5, 0.6) is 0 Å². The lowest BCUT2D eigenvalue weighted by Crippen LogP contribution is -2.30. The Morgan fingerprint density at radius 2 is 2.33 bits per heavy atom. The van der Waals surface area contributed by atoms with Crippen LogP contribution in [-0.4, -0.2) is 33.1 Å². The third-order valence-electron chi connectivity index (χ3n) is 3.09. The molecule has 1 aromatic carbocycles. The summed E-state index contributed by atoms with van der Waals surface area (Å²) in [4.78, 5) is 13.3. The Hall–Kier alpha value is -1.13. The highest BCUT2D eigenvalue weighted by Crippen LogP contribution is 2.26. The highest BCUT2D eigenvalue weighted by Gasteiger charge is 2.15. The number of carbonyl (C=O) groups is 1. The van der Waals surface area contributed by atoms with Gasteiger partial charge in [-0.15, -0.1) is 0 Å². The van der Waals surface area contributed by atoms with E-state index in [4.69, 9.17) is 4.74 Å². The summed E-state index contributed by atoms with van der Waals surface area (Å²) in [5.74, 6) is 0. The molecule has 0 atom stereocenters. The Morgan fingerprint density at radius 3 is 2.94 bits per heavy atom. The molecule has 0 saturated carbocycles. The van der Waals surface area contributed by atoms with Crippen molar-refractivity contribution >= 4 is 27.9 Å². The second-order valence-corrected chi connectivity index (χ2v) is 5.23.